The van der Waals surface area contributed by atoms with Gasteiger partial charge in [-0.25, -0.2) is 8.42 Å². The van der Waals surface area contributed by atoms with E-state index in [0.717, 1.165) is 38.8 Å². The van der Waals surface area contributed by atoms with Gasteiger partial charge in [-0.1, -0.05) is 6.92 Å². The van der Waals surface area contributed by atoms with Crippen LogP contribution in [0.1, 0.15) is 32.6 Å². The van der Waals surface area contributed by atoms with E-state index in [2.05, 4.69) is 14.9 Å². The van der Waals surface area contributed by atoms with Crippen molar-refractivity contribution in [3.63, 3.8) is 0 Å². The number of nitrogens with zero attached hydrogens (tertiary/aromatic N) is 1. The Morgan fingerprint density at radius 3 is 2.29 bits per heavy atom. The zero-order valence-electron chi connectivity index (χ0n) is 17.9. The van der Waals surface area contributed by atoms with E-state index in [1.807, 2.05) is 6.92 Å². The minimum absolute atomic E-state index is 0.0132. The number of carbonyl (C=O) groups is 1. The second kappa shape index (κ2) is 8.78. The van der Waals surface area contributed by atoms with Gasteiger partial charge in [-0.3, -0.25) is 9.52 Å². The molecule has 8 heteroatoms. The molecule has 1 saturated heterocycles. The fraction of sp³-hybridized carbons (Fsp3) is 0.435. The van der Waals surface area contributed by atoms with Crippen LogP contribution in [0.4, 0.5) is 17.1 Å². The average molecular weight is 444 g/mol. The van der Waals surface area contributed by atoms with Crippen molar-refractivity contribution in [1.82, 2.24) is 0 Å². The first-order valence-corrected chi connectivity index (χ1v) is 12.2. The number of amides is 1. The Labute approximate surface area is 183 Å². The maximum absolute atomic E-state index is 13.4. The van der Waals surface area contributed by atoms with Gasteiger partial charge in [0.05, 0.1) is 12.8 Å². The lowest BCUT2D eigenvalue weighted by Gasteiger charge is -2.30. The number of hydrogen-bond acceptors (Lipinski definition) is 5. The molecule has 1 heterocycles. The summed E-state index contributed by atoms with van der Waals surface area (Å²) in [5.41, 5.74) is 1.62. The van der Waals surface area contributed by atoms with Crippen LogP contribution < -0.4 is 19.7 Å². The predicted octanol–water partition coefficient (Wildman–Crippen LogP) is 4.08. The van der Waals surface area contributed by atoms with E-state index in [0.29, 0.717) is 28.7 Å². The Balaban J connectivity index is 1.65. The summed E-state index contributed by atoms with van der Waals surface area (Å²) < 4.78 is 34.6. The SMILES string of the molecule is COc1ccc(NS(=O)(=O)c2cc(NC(=O)C3CC3C)ccc2N2CCCCC2)cc1. The highest BCUT2D eigenvalue weighted by atomic mass is 32.2. The third-order valence-corrected chi connectivity index (χ3v) is 7.41. The van der Waals surface area contributed by atoms with E-state index in [-0.39, 0.29) is 16.7 Å². The number of benzene rings is 2. The van der Waals surface area contributed by atoms with E-state index < -0.39 is 10.0 Å². The molecule has 1 amide bonds. The number of anilines is 3. The Bertz CT molecular complexity index is 1050. The van der Waals surface area contributed by atoms with Crippen LogP contribution in [0.2, 0.25) is 0 Å². The summed E-state index contributed by atoms with van der Waals surface area (Å²) in [5.74, 6) is 0.993. The summed E-state index contributed by atoms with van der Waals surface area (Å²) in [7, 11) is -2.31. The monoisotopic (exact) mass is 443 g/mol. The molecule has 2 unspecified atom stereocenters. The van der Waals surface area contributed by atoms with E-state index in [1.165, 1.54) is 0 Å². The molecule has 2 N–H and O–H groups in total. The minimum atomic E-state index is -3.87. The van der Waals surface area contributed by atoms with Crippen molar-refractivity contribution in [2.45, 2.75) is 37.5 Å². The Morgan fingerprint density at radius 2 is 1.68 bits per heavy atom. The van der Waals surface area contributed by atoms with Gasteiger partial charge in [0.25, 0.3) is 10.0 Å². The number of ether oxygens (including phenoxy) is 1. The molecule has 2 aromatic rings. The second-order valence-corrected chi connectivity index (χ2v) is 10.0. The van der Waals surface area contributed by atoms with E-state index in [1.54, 1.807) is 49.6 Å². The molecule has 1 saturated carbocycles. The topological polar surface area (TPSA) is 87.7 Å². The quantitative estimate of drug-likeness (QED) is 0.673. The van der Waals surface area contributed by atoms with Crippen LogP contribution in [0.3, 0.4) is 0 Å². The fourth-order valence-electron chi connectivity index (χ4n) is 3.99. The maximum atomic E-state index is 13.4. The van der Waals surface area contributed by atoms with Gasteiger partial charge in [-0.2, -0.15) is 0 Å². The van der Waals surface area contributed by atoms with Gasteiger partial charge in [-0.15, -0.1) is 0 Å². The molecule has 31 heavy (non-hydrogen) atoms. The van der Waals surface area contributed by atoms with E-state index in [4.69, 9.17) is 4.74 Å². The number of piperidine rings is 1. The maximum Gasteiger partial charge on any atom is 0.264 e. The van der Waals surface area contributed by atoms with Crippen molar-refractivity contribution in [2.24, 2.45) is 11.8 Å². The summed E-state index contributed by atoms with van der Waals surface area (Å²) in [6.07, 6.45) is 4.09. The standard InChI is InChI=1S/C23H29N3O4S/c1-16-14-20(16)23(27)24-18-8-11-21(26-12-4-3-5-13-26)22(15-18)31(28,29)25-17-6-9-19(30-2)10-7-17/h6-11,15-16,20,25H,3-5,12-14H2,1-2H3,(H,24,27). The highest BCUT2D eigenvalue weighted by Crippen LogP contribution is 2.39. The Morgan fingerprint density at radius 1 is 1.03 bits per heavy atom. The van der Waals surface area contributed by atoms with Crippen LogP contribution in [0.5, 0.6) is 5.75 Å². The summed E-state index contributed by atoms with van der Waals surface area (Å²) in [6.45, 7) is 3.67. The first-order valence-electron chi connectivity index (χ1n) is 10.7. The summed E-state index contributed by atoms with van der Waals surface area (Å²) in [5, 5.41) is 2.89. The number of methoxy groups -OCH3 is 1. The number of nitrogens with one attached hydrogen (secondary N) is 2. The molecule has 1 aliphatic heterocycles. The lowest BCUT2D eigenvalue weighted by atomic mass is 10.1. The molecule has 0 spiro atoms. The Hall–Kier alpha value is -2.74. The lowest BCUT2D eigenvalue weighted by Crippen LogP contribution is -2.31. The van der Waals surface area contributed by atoms with Crippen molar-refractivity contribution < 1.29 is 17.9 Å². The molecule has 166 valence electrons. The van der Waals surface area contributed by atoms with Crippen LogP contribution in [-0.2, 0) is 14.8 Å². The predicted molar refractivity (Wildman–Crippen MR) is 122 cm³/mol. The smallest absolute Gasteiger partial charge is 0.264 e. The largest absolute Gasteiger partial charge is 0.497 e. The molecule has 2 atom stereocenters. The number of carbonyl (C=O) groups excluding carboxylic acids is 1. The van der Waals surface area contributed by atoms with Gasteiger partial charge in [0.2, 0.25) is 5.91 Å². The Kier molecular flexibility index (Phi) is 6.09. The van der Waals surface area contributed by atoms with Gasteiger partial charge in [-0.05, 0) is 74.1 Å². The van der Waals surface area contributed by atoms with Crippen molar-refractivity contribution in [1.29, 1.82) is 0 Å². The molecule has 1 aliphatic carbocycles. The molecular weight excluding hydrogens is 414 g/mol. The zero-order chi connectivity index (χ0) is 22.0. The first kappa shape index (κ1) is 21.5. The van der Waals surface area contributed by atoms with Crippen molar-refractivity contribution >= 4 is 33.0 Å². The van der Waals surface area contributed by atoms with E-state index in [9.17, 15) is 13.2 Å². The van der Waals surface area contributed by atoms with Gasteiger partial charge in [0, 0.05) is 30.4 Å². The molecule has 0 radical (unpaired) electrons. The number of hydrogen-bond donors (Lipinski definition) is 2. The molecular formula is C23H29N3O4S. The van der Waals surface area contributed by atoms with Crippen molar-refractivity contribution in [2.75, 3.05) is 35.1 Å². The fourth-order valence-corrected chi connectivity index (χ4v) is 5.31. The molecule has 2 fully saturated rings. The lowest BCUT2D eigenvalue weighted by molar-refractivity contribution is -0.117. The highest BCUT2D eigenvalue weighted by Gasteiger charge is 2.39. The highest BCUT2D eigenvalue weighted by molar-refractivity contribution is 7.92. The first-order chi connectivity index (χ1) is 14.9. The third-order valence-electron chi connectivity index (χ3n) is 6.00. The average Bonchev–Trinajstić information content (AvgIpc) is 3.51. The molecule has 0 bridgehead atoms. The second-order valence-electron chi connectivity index (χ2n) is 8.37. The van der Waals surface area contributed by atoms with Crippen LogP contribution in [0.15, 0.2) is 47.4 Å². The summed E-state index contributed by atoms with van der Waals surface area (Å²) >= 11 is 0. The molecule has 7 nitrogen and oxygen atoms in total. The van der Waals surface area contributed by atoms with Crippen molar-refractivity contribution in [3.05, 3.63) is 42.5 Å². The molecule has 0 aromatic heterocycles. The third kappa shape index (κ3) is 4.95. The molecule has 2 aliphatic rings. The number of sulfonamides is 1. The molecule has 2 aromatic carbocycles. The van der Waals surface area contributed by atoms with Crippen LogP contribution in [-0.4, -0.2) is 34.5 Å². The van der Waals surface area contributed by atoms with Crippen LogP contribution in [0, 0.1) is 11.8 Å². The van der Waals surface area contributed by atoms with Gasteiger partial charge < -0.3 is 15.0 Å². The van der Waals surface area contributed by atoms with Crippen molar-refractivity contribution in [3.8, 4) is 5.75 Å². The van der Waals surface area contributed by atoms with E-state index >= 15 is 0 Å². The van der Waals surface area contributed by atoms with Crippen LogP contribution >= 0.6 is 0 Å². The van der Waals surface area contributed by atoms with Gasteiger partial charge >= 0.3 is 0 Å². The normalized spacial score (nSPS) is 20.8. The van der Waals surface area contributed by atoms with Gasteiger partial charge in [0.1, 0.15) is 10.6 Å². The van der Waals surface area contributed by atoms with Gasteiger partial charge in [0.15, 0.2) is 0 Å². The zero-order valence-corrected chi connectivity index (χ0v) is 18.7. The summed E-state index contributed by atoms with van der Waals surface area (Å²) in [4.78, 5) is 14.7. The molecule has 4 rings (SSSR count). The minimum Gasteiger partial charge on any atom is -0.497 e. The van der Waals surface area contributed by atoms with Crippen LogP contribution in [0.25, 0.3) is 0 Å². The summed E-state index contributed by atoms with van der Waals surface area (Å²) in [6, 6.07) is 11.9. The number of rotatable bonds is 7.